The molecular weight excluding hydrogens is 569 g/mol. The molecule has 0 spiro atoms. The van der Waals surface area contributed by atoms with Gasteiger partial charge in [0.2, 0.25) is 11.9 Å². The monoisotopic (exact) mass is 592 g/mol. The highest BCUT2D eigenvalue weighted by atomic mass is 19.4. The number of hydrogen-bond donors (Lipinski definition) is 3. The van der Waals surface area contributed by atoms with Crippen LogP contribution in [0.15, 0.2) is 48.0 Å². The Bertz CT molecular complexity index is 1800. The number of aryl methyl sites for hydroxylation is 2. The Morgan fingerprint density at radius 2 is 1.93 bits per heavy atom. The van der Waals surface area contributed by atoms with E-state index in [1.807, 2.05) is 17.9 Å². The van der Waals surface area contributed by atoms with Crippen LogP contribution in [0.4, 0.5) is 30.9 Å². The lowest BCUT2D eigenvalue weighted by atomic mass is 9.90. The Hall–Kier alpha value is -5.67. The molecular formula is C27H23F3N10O3. The van der Waals surface area contributed by atoms with Crippen molar-refractivity contribution in [1.29, 1.82) is 0 Å². The van der Waals surface area contributed by atoms with Crippen molar-refractivity contribution in [3.8, 4) is 11.1 Å². The van der Waals surface area contributed by atoms with Gasteiger partial charge in [0.15, 0.2) is 0 Å². The summed E-state index contributed by atoms with van der Waals surface area (Å²) in [5.41, 5.74) is 6.60. The summed E-state index contributed by atoms with van der Waals surface area (Å²) in [5, 5.41) is 14.0. The summed E-state index contributed by atoms with van der Waals surface area (Å²) in [6, 6.07) is 5.66. The van der Waals surface area contributed by atoms with Crippen molar-refractivity contribution < 1.29 is 27.9 Å². The van der Waals surface area contributed by atoms with Crippen LogP contribution < -0.4 is 16.0 Å². The predicted molar refractivity (Wildman–Crippen MR) is 150 cm³/mol. The number of carbonyl (C=O) groups excluding carboxylic acids is 1. The van der Waals surface area contributed by atoms with Gasteiger partial charge in [-0.3, -0.25) is 29.6 Å². The molecule has 0 unspecified atom stereocenters. The minimum absolute atomic E-state index is 0.158. The van der Waals surface area contributed by atoms with Crippen LogP contribution in [0.25, 0.3) is 22.8 Å². The largest absolute Gasteiger partial charge is 0.483 e. The summed E-state index contributed by atoms with van der Waals surface area (Å²) in [6.45, 7) is 2.66. The highest BCUT2D eigenvalue weighted by Crippen LogP contribution is 2.41. The van der Waals surface area contributed by atoms with Crippen LogP contribution in [-0.4, -0.2) is 66.1 Å². The number of pyridine rings is 1. The number of carboxylic acid groups (broad SMARTS) is 1. The molecule has 2 aliphatic rings. The zero-order chi connectivity index (χ0) is 30.9. The van der Waals surface area contributed by atoms with Crippen LogP contribution in [0.1, 0.15) is 32.7 Å². The zero-order valence-corrected chi connectivity index (χ0v) is 22.7. The number of fused-ring (bicyclic) bond motifs is 3. The maximum atomic E-state index is 14.0. The highest BCUT2D eigenvalue weighted by Gasteiger charge is 2.37. The quantitative estimate of drug-likeness (QED) is 0.291. The normalized spacial score (nSPS) is 13.7. The third-order valence-corrected chi connectivity index (χ3v) is 6.56. The smallest absolute Gasteiger partial charge is 0.417 e. The van der Waals surface area contributed by atoms with Gasteiger partial charge in [-0.15, -0.1) is 5.10 Å². The molecule has 0 atom stereocenters. The summed E-state index contributed by atoms with van der Waals surface area (Å²) >= 11 is 0. The number of aromatic nitrogens is 6. The minimum atomic E-state index is -4.73. The molecule has 43 heavy (non-hydrogen) atoms. The van der Waals surface area contributed by atoms with Gasteiger partial charge in [-0.1, -0.05) is 12.1 Å². The molecule has 13 nitrogen and oxygen atoms in total. The van der Waals surface area contributed by atoms with Crippen molar-refractivity contribution in [2.24, 2.45) is 17.8 Å². The molecule has 16 heteroatoms. The molecule has 1 amide bonds. The average molecular weight is 593 g/mol. The molecule has 6 rings (SSSR count). The number of nitrogens with one attached hydrogen (secondary N) is 1. The van der Waals surface area contributed by atoms with Gasteiger partial charge < -0.3 is 15.7 Å². The first kappa shape index (κ1) is 28.8. The molecule has 1 aromatic carbocycles. The van der Waals surface area contributed by atoms with E-state index in [2.05, 4.69) is 35.3 Å². The van der Waals surface area contributed by atoms with E-state index in [0.29, 0.717) is 53.3 Å². The second-order valence-electron chi connectivity index (χ2n) is 9.33. The first-order chi connectivity index (χ1) is 20.5. The second-order valence-corrected chi connectivity index (χ2v) is 9.33. The summed E-state index contributed by atoms with van der Waals surface area (Å²) in [4.78, 5) is 44.1. The Kier molecular flexibility index (Phi) is 7.58. The van der Waals surface area contributed by atoms with Gasteiger partial charge >= 0.3 is 6.18 Å². The van der Waals surface area contributed by atoms with E-state index < -0.39 is 23.3 Å². The summed E-state index contributed by atoms with van der Waals surface area (Å²) < 4.78 is 43.5. The van der Waals surface area contributed by atoms with Crippen LogP contribution in [0.3, 0.4) is 0 Å². The molecule has 0 fully saturated rings. The number of benzene rings is 1. The van der Waals surface area contributed by atoms with E-state index in [1.165, 1.54) is 6.07 Å². The summed E-state index contributed by atoms with van der Waals surface area (Å²) in [7, 11) is 1.75. The lowest BCUT2D eigenvalue weighted by Crippen LogP contribution is -2.32. The van der Waals surface area contributed by atoms with Gasteiger partial charge in [0.25, 0.3) is 12.4 Å². The molecule has 4 N–H and O–H groups in total. The molecule has 0 radical (unpaired) electrons. The number of amidine groups is 1. The fourth-order valence-corrected chi connectivity index (χ4v) is 4.80. The number of hydrogen-bond acceptors (Lipinski definition) is 10. The van der Waals surface area contributed by atoms with Gasteiger partial charge in [0.1, 0.15) is 23.7 Å². The minimum Gasteiger partial charge on any atom is -0.483 e. The van der Waals surface area contributed by atoms with Gasteiger partial charge in [-0.25, -0.2) is 9.97 Å². The molecule has 0 saturated carbocycles. The maximum absolute atomic E-state index is 14.0. The number of amides is 1. The van der Waals surface area contributed by atoms with E-state index in [1.54, 1.807) is 36.4 Å². The third-order valence-electron chi connectivity index (χ3n) is 6.56. The number of alkyl halides is 3. The number of halogens is 3. The molecule has 5 heterocycles. The molecule has 0 bridgehead atoms. The summed E-state index contributed by atoms with van der Waals surface area (Å²) in [6.07, 6.45) is 1.26. The molecule has 0 saturated heterocycles. The number of nitrogens with two attached hydrogens (primary N) is 1. The first-order valence-corrected chi connectivity index (χ1v) is 12.6. The zero-order valence-electron chi connectivity index (χ0n) is 22.7. The van der Waals surface area contributed by atoms with E-state index in [4.69, 9.17) is 15.6 Å². The number of carbonyl (C=O) groups is 2. The van der Waals surface area contributed by atoms with Crippen LogP contribution in [0.5, 0.6) is 0 Å². The van der Waals surface area contributed by atoms with Gasteiger partial charge in [-0.05, 0) is 41.8 Å². The standard InChI is InChI=1S/C26H21F3N10O.CH2O2/c1-13-3-4-14(19-18(26(27,28)29)5-6-31-20(19)21(30)40)9-16(13)17-10-15-11-33-24(36-25-34-12-38(2)37-25)35-22(15)39-8-7-32-23(17)39;2-1-3/h3-6,9-12H,7-8H2,1-2H3,(H2,30,40)(H,33,35,36,37);1H,(H,2,3). The predicted octanol–water partition coefficient (Wildman–Crippen LogP) is 3.31. The van der Waals surface area contributed by atoms with Gasteiger partial charge in [0, 0.05) is 42.7 Å². The Balaban J connectivity index is 0.00000118. The fourth-order valence-electron chi connectivity index (χ4n) is 4.80. The average Bonchev–Trinajstić information content (AvgIpc) is 3.62. The van der Waals surface area contributed by atoms with E-state index in [0.717, 1.165) is 17.8 Å². The molecule has 220 valence electrons. The molecule has 0 aliphatic carbocycles. The van der Waals surface area contributed by atoms with Crippen molar-refractivity contribution >= 4 is 47.6 Å². The fraction of sp³-hybridized carbons (Fsp3) is 0.185. The van der Waals surface area contributed by atoms with Crippen LogP contribution >= 0.6 is 0 Å². The van der Waals surface area contributed by atoms with E-state index in [9.17, 15) is 18.0 Å². The van der Waals surface area contributed by atoms with Crippen LogP contribution in [0.2, 0.25) is 0 Å². The number of anilines is 3. The van der Waals surface area contributed by atoms with Crippen LogP contribution in [-0.2, 0) is 18.0 Å². The molecule has 3 aromatic heterocycles. The number of nitrogens with zero attached hydrogens (tertiary/aromatic N) is 8. The van der Waals surface area contributed by atoms with E-state index >= 15 is 0 Å². The number of primary amides is 1. The highest BCUT2D eigenvalue weighted by molar-refractivity contribution is 6.36. The van der Waals surface area contributed by atoms with Crippen molar-refractivity contribution in [1.82, 2.24) is 29.7 Å². The van der Waals surface area contributed by atoms with Crippen LogP contribution in [0, 0.1) is 6.92 Å². The number of rotatable bonds is 5. The lowest BCUT2D eigenvalue weighted by Gasteiger charge is -2.28. The SMILES string of the molecule is Cc1ccc(-c2c(C(F)(F)F)ccnc2C(N)=O)cc1C1=Cc2cnc(Nc3ncn(C)n3)nc2N2CCN=C12.O=CO. The van der Waals surface area contributed by atoms with Crippen molar-refractivity contribution in [2.45, 2.75) is 13.1 Å². The van der Waals surface area contributed by atoms with Gasteiger partial charge in [0.05, 0.1) is 12.1 Å². The Labute approximate surface area is 241 Å². The Morgan fingerprint density at radius 3 is 2.60 bits per heavy atom. The lowest BCUT2D eigenvalue weighted by molar-refractivity contribution is -0.137. The third kappa shape index (κ3) is 5.61. The van der Waals surface area contributed by atoms with Crippen molar-refractivity contribution in [3.05, 3.63) is 70.9 Å². The topological polar surface area (TPSA) is 177 Å². The Morgan fingerprint density at radius 1 is 1.16 bits per heavy atom. The van der Waals surface area contributed by atoms with Gasteiger partial charge in [-0.2, -0.15) is 18.2 Å². The second kappa shape index (κ2) is 11.3. The van der Waals surface area contributed by atoms with Crippen molar-refractivity contribution in [3.63, 3.8) is 0 Å². The first-order valence-electron chi connectivity index (χ1n) is 12.6. The molecule has 2 aliphatic heterocycles. The van der Waals surface area contributed by atoms with Crippen molar-refractivity contribution in [2.75, 3.05) is 23.3 Å². The van der Waals surface area contributed by atoms with E-state index in [-0.39, 0.29) is 17.6 Å². The number of aliphatic imine (C=N–C) groups is 1. The maximum Gasteiger partial charge on any atom is 0.417 e. The summed E-state index contributed by atoms with van der Waals surface area (Å²) in [5.74, 6) is 0.862. The molecule has 4 aromatic rings.